The Morgan fingerprint density at radius 1 is 1.17 bits per heavy atom. The number of nitrogens with zero attached hydrogens (tertiary/aromatic N) is 2. The lowest BCUT2D eigenvalue weighted by atomic mass is 10.1. The number of imide groups is 1. The van der Waals surface area contributed by atoms with Crippen LogP contribution in [0.2, 0.25) is 5.02 Å². The zero-order valence-electron chi connectivity index (χ0n) is 11.5. The van der Waals surface area contributed by atoms with Crippen LogP contribution < -0.4 is 0 Å². The Morgan fingerprint density at radius 2 is 1.91 bits per heavy atom. The Kier molecular flexibility index (Phi) is 3.57. The van der Waals surface area contributed by atoms with Gasteiger partial charge in [0, 0.05) is 11.1 Å². The third-order valence-corrected chi connectivity index (χ3v) is 3.87. The van der Waals surface area contributed by atoms with Crippen molar-refractivity contribution in [3.63, 3.8) is 0 Å². The summed E-state index contributed by atoms with van der Waals surface area (Å²) in [6.07, 6.45) is 0. The van der Waals surface area contributed by atoms with Crippen LogP contribution in [-0.2, 0) is 6.54 Å². The number of nitro groups is 1. The predicted molar refractivity (Wildman–Crippen MR) is 78.7 cm³/mol. The summed E-state index contributed by atoms with van der Waals surface area (Å²) in [5, 5.41) is 11.1. The molecule has 2 amide bonds. The SMILES string of the molecule is O=C1c2cccc([N+](=O)[O-])c2C(=O)N1Cc1ccc(F)cc1Cl. The van der Waals surface area contributed by atoms with Crippen LogP contribution in [0.25, 0.3) is 0 Å². The normalized spacial score (nSPS) is 13.4. The van der Waals surface area contributed by atoms with E-state index in [1.165, 1.54) is 24.3 Å². The number of rotatable bonds is 3. The predicted octanol–water partition coefficient (Wildman–Crippen LogP) is 3.18. The Labute approximate surface area is 134 Å². The van der Waals surface area contributed by atoms with Crippen molar-refractivity contribution in [2.75, 3.05) is 0 Å². The zero-order valence-corrected chi connectivity index (χ0v) is 12.2. The third kappa shape index (κ3) is 2.44. The Hall–Kier alpha value is -2.80. The highest BCUT2D eigenvalue weighted by Crippen LogP contribution is 2.32. The van der Waals surface area contributed by atoms with E-state index >= 15 is 0 Å². The molecule has 8 heteroatoms. The molecule has 0 aromatic heterocycles. The molecule has 0 unspecified atom stereocenters. The summed E-state index contributed by atoms with van der Waals surface area (Å²) in [4.78, 5) is 35.9. The second kappa shape index (κ2) is 5.44. The lowest BCUT2D eigenvalue weighted by Gasteiger charge is -2.14. The van der Waals surface area contributed by atoms with Gasteiger partial charge in [-0.25, -0.2) is 4.39 Å². The molecule has 1 heterocycles. The fraction of sp³-hybridized carbons (Fsp3) is 0.0667. The van der Waals surface area contributed by atoms with E-state index in [2.05, 4.69) is 0 Å². The first-order valence-electron chi connectivity index (χ1n) is 6.47. The lowest BCUT2D eigenvalue weighted by Crippen LogP contribution is -2.29. The van der Waals surface area contributed by atoms with Crippen LogP contribution in [0.1, 0.15) is 26.3 Å². The molecule has 0 bridgehead atoms. The van der Waals surface area contributed by atoms with E-state index in [1.807, 2.05) is 0 Å². The molecule has 1 aliphatic heterocycles. The Morgan fingerprint density at radius 3 is 2.57 bits per heavy atom. The number of hydrogen-bond acceptors (Lipinski definition) is 4. The van der Waals surface area contributed by atoms with Gasteiger partial charge in [0.05, 0.1) is 17.0 Å². The average molecular weight is 335 g/mol. The monoisotopic (exact) mass is 334 g/mol. The summed E-state index contributed by atoms with van der Waals surface area (Å²) in [6.45, 7) is -0.192. The molecule has 1 aliphatic rings. The van der Waals surface area contributed by atoms with Gasteiger partial charge in [0.25, 0.3) is 17.5 Å². The molecule has 0 fully saturated rings. The highest BCUT2D eigenvalue weighted by molar-refractivity contribution is 6.31. The van der Waals surface area contributed by atoms with Gasteiger partial charge >= 0.3 is 0 Å². The van der Waals surface area contributed by atoms with E-state index < -0.39 is 28.2 Å². The molecule has 0 saturated heterocycles. The van der Waals surface area contributed by atoms with Gasteiger partial charge in [-0.2, -0.15) is 0 Å². The van der Waals surface area contributed by atoms with E-state index in [0.717, 1.165) is 17.0 Å². The van der Waals surface area contributed by atoms with E-state index in [4.69, 9.17) is 11.6 Å². The number of benzene rings is 2. The first kappa shape index (κ1) is 15.1. The minimum absolute atomic E-state index is 0.0255. The van der Waals surface area contributed by atoms with Crippen molar-refractivity contribution in [2.45, 2.75) is 6.54 Å². The van der Waals surface area contributed by atoms with Gasteiger partial charge in [-0.15, -0.1) is 0 Å². The number of carbonyl (C=O) groups is 2. The van der Waals surface area contributed by atoms with Crippen LogP contribution in [0.15, 0.2) is 36.4 Å². The van der Waals surface area contributed by atoms with Crippen molar-refractivity contribution in [2.24, 2.45) is 0 Å². The van der Waals surface area contributed by atoms with Crippen LogP contribution >= 0.6 is 11.6 Å². The van der Waals surface area contributed by atoms with E-state index in [9.17, 15) is 24.1 Å². The molecule has 6 nitrogen and oxygen atoms in total. The second-order valence-electron chi connectivity index (χ2n) is 4.89. The molecule has 3 rings (SSSR count). The molecule has 0 spiro atoms. The van der Waals surface area contributed by atoms with Crippen molar-refractivity contribution in [1.82, 2.24) is 4.90 Å². The molecule has 0 saturated carbocycles. The van der Waals surface area contributed by atoms with Gasteiger partial charge in [0.15, 0.2) is 0 Å². The highest BCUT2D eigenvalue weighted by atomic mass is 35.5. The summed E-state index contributed by atoms with van der Waals surface area (Å²) in [7, 11) is 0. The summed E-state index contributed by atoms with van der Waals surface area (Å²) in [5.41, 5.74) is -0.318. The van der Waals surface area contributed by atoms with Gasteiger partial charge in [-0.05, 0) is 23.8 Å². The highest BCUT2D eigenvalue weighted by Gasteiger charge is 2.40. The molecule has 116 valence electrons. The van der Waals surface area contributed by atoms with Crippen molar-refractivity contribution < 1.29 is 18.9 Å². The van der Waals surface area contributed by atoms with E-state index in [1.54, 1.807) is 0 Å². The van der Waals surface area contributed by atoms with Crippen LogP contribution in [0, 0.1) is 15.9 Å². The lowest BCUT2D eigenvalue weighted by molar-refractivity contribution is -0.385. The quantitative estimate of drug-likeness (QED) is 0.490. The maximum atomic E-state index is 13.1. The number of nitro benzene ring substituents is 1. The smallest absolute Gasteiger partial charge is 0.270 e. The van der Waals surface area contributed by atoms with Gasteiger partial charge in [-0.3, -0.25) is 24.6 Å². The molecule has 2 aromatic carbocycles. The molecule has 0 aliphatic carbocycles. The van der Waals surface area contributed by atoms with Gasteiger partial charge in [0.1, 0.15) is 11.4 Å². The van der Waals surface area contributed by atoms with Crippen LogP contribution in [-0.4, -0.2) is 21.6 Å². The molecule has 2 aromatic rings. The topological polar surface area (TPSA) is 80.5 Å². The largest absolute Gasteiger partial charge is 0.282 e. The Bertz CT molecular complexity index is 869. The molecule has 0 N–H and O–H groups in total. The minimum Gasteiger partial charge on any atom is -0.270 e. The number of amides is 2. The molecule has 0 radical (unpaired) electrons. The van der Waals surface area contributed by atoms with Crippen molar-refractivity contribution in [1.29, 1.82) is 0 Å². The molecular formula is C15H8ClFN2O4. The van der Waals surface area contributed by atoms with Crippen molar-refractivity contribution >= 4 is 29.1 Å². The first-order valence-corrected chi connectivity index (χ1v) is 6.85. The van der Waals surface area contributed by atoms with Crippen LogP contribution in [0.4, 0.5) is 10.1 Å². The number of hydrogen-bond donors (Lipinski definition) is 0. The summed E-state index contributed by atoms with van der Waals surface area (Å²) in [6, 6.07) is 7.44. The Balaban J connectivity index is 2.01. The van der Waals surface area contributed by atoms with Gasteiger partial charge in [0.2, 0.25) is 0 Å². The fourth-order valence-electron chi connectivity index (χ4n) is 2.43. The molecular weight excluding hydrogens is 327 g/mol. The van der Waals surface area contributed by atoms with Crippen molar-refractivity contribution in [3.05, 3.63) is 74.0 Å². The van der Waals surface area contributed by atoms with Gasteiger partial charge in [-0.1, -0.05) is 23.7 Å². The minimum atomic E-state index is -0.766. The van der Waals surface area contributed by atoms with Gasteiger partial charge < -0.3 is 0 Å². The number of fused-ring (bicyclic) bond motifs is 1. The molecule has 23 heavy (non-hydrogen) atoms. The third-order valence-electron chi connectivity index (χ3n) is 3.52. The maximum Gasteiger partial charge on any atom is 0.282 e. The fourth-order valence-corrected chi connectivity index (χ4v) is 2.66. The number of halogens is 2. The van der Waals surface area contributed by atoms with E-state index in [0.29, 0.717) is 5.56 Å². The average Bonchev–Trinajstić information content (AvgIpc) is 2.74. The van der Waals surface area contributed by atoms with Crippen LogP contribution in [0.5, 0.6) is 0 Å². The summed E-state index contributed by atoms with van der Waals surface area (Å²) >= 11 is 5.90. The van der Waals surface area contributed by atoms with Crippen LogP contribution in [0.3, 0.4) is 0 Å². The first-order chi connectivity index (χ1) is 10.9. The van der Waals surface area contributed by atoms with E-state index in [-0.39, 0.29) is 22.7 Å². The number of carbonyl (C=O) groups excluding carboxylic acids is 2. The second-order valence-corrected chi connectivity index (χ2v) is 5.30. The summed E-state index contributed by atoms with van der Waals surface area (Å²) in [5.74, 6) is -1.96. The zero-order chi connectivity index (χ0) is 16.7. The maximum absolute atomic E-state index is 13.1. The standard InChI is InChI=1S/C15H8ClFN2O4/c16-11-6-9(17)5-4-8(11)7-18-14(20)10-2-1-3-12(19(22)23)13(10)15(18)21/h1-6H,7H2. The molecule has 0 atom stereocenters. The summed E-state index contributed by atoms with van der Waals surface area (Å²) < 4.78 is 13.1. The van der Waals surface area contributed by atoms with Crippen molar-refractivity contribution in [3.8, 4) is 0 Å².